The number of fused-ring (bicyclic) bond motifs is 5. The van der Waals surface area contributed by atoms with Crippen LogP contribution in [-0.2, 0) is 19.2 Å². The van der Waals surface area contributed by atoms with Crippen LogP contribution in [0.4, 0.5) is 0 Å². The summed E-state index contributed by atoms with van der Waals surface area (Å²) in [5.41, 5.74) is 0.936. The Kier molecular flexibility index (Phi) is 5.18. The molecule has 2 aliphatic carbocycles. The number of benzene rings is 2. The van der Waals surface area contributed by atoms with E-state index in [0.717, 1.165) is 15.2 Å². The molecule has 4 aliphatic rings. The Labute approximate surface area is 225 Å². The summed E-state index contributed by atoms with van der Waals surface area (Å²) in [6.07, 6.45) is 2.07. The molecule has 0 radical (unpaired) electrons. The second kappa shape index (κ2) is 7.79. The first-order valence-electron chi connectivity index (χ1n) is 11.6. The minimum atomic E-state index is -1.95. The van der Waals surface area contributed by atoms with Gasteiger partial charge < -0.3 is 5.11 Å². The van der Waals surface area contributed by atoms with Crippen molar-refractivity contribution in [2.45, 2.75) is 28.5 Å². The van der Waals surface area contributed by atoms with Crippen LogP contribution in [0, 0.1) is 17.8 Å². The molecule has 0 bridgehead atoms. The number of carbonyl (C=O) groups excluding carboxylic acids is 4. The van der Waals surface area contributed by atoms with Gasteiger partial charge in [-0.05, 0) is 35.6 Å². The number of imide groups is 2. The Hall–Kier alpha value is -2.42. The SMILES string of the molecule is CN1C(=O)[C@H]2[C@H](CC=C3[C@H]2C[C@@]2(Cl)C(=O)N(CBr)C(=O)[C@@]2(Cl)[C@H]3c2c(O)ccc3ccccc23)C1=O. The third-order valence-electron chi connectivity index (χ3n) is 8.47. The highest BCUT2D eigenvalue weighted by Crippen LogP contribution is 2.66. The first kappa shape index (κ1) is 23.9. The normalized spacial score (nSPS) is 35.7. The zero-order valence-electron chi connectivity index (χ0n) is 19.1. The highest BCUT2D eigenvalue weighted by atomic mass is 79.9. The molecule has 3 fully saturated rings. The molecule has 186 valence electrons. The fourth-order valence-corrected chi connectivity index (χ4v) is 8.22. The van der Waals surface area contributed by atoms with Gasteiger partial charge in [0.2, 0.25) is 11.8 Å². The number of alkyl halides is 3. The van der Waals surface area contributed by atoms with Gasteiger partial charge in [-0.15, -0.1) is 23.2 Å². The average molecular weight is 592 g/mol. The van der Waals surface area contributed by atoms with E-state index in [1.807, 2.05) is 30.3 Å². The van der Waals surface area contributed by atoms with Crippen LogP contribution in [0.5, 0.6) is 5.75 Å². The van der Waals surface area contributed by atoms with Crippen LogP contribution in [0.3, 0.4) is 0 Å². The number of halogens is 3. The Morgan fingerprint density at radius 3 is 2.47 bits per heavy atom. The number of amides is 4. The second-order valence-electron chi connectivity index (χ2n) is 9.94. The third-order valence-corrected chi connectivity index (χ3v) is 10.4. The smallest absolute Gasteiger partial charge is 0.254 e. The van der Waals surface area contributed by atoms with Crippen molar-refractivity contribution >= 4 is 73.5 Å². The summed E-state index contributed by atoms with van der Waals surface area (Å²) >= 11 is 17.6. The lowest BCUT2D eigenvalue weighted by Crippen LogP contribution is -2.60. The van der Waals surface area contributed by atoms with E-state index in [9.17, 15) is 24.3 Å². The minimum Gasteiger partial charge on any atom is -0.508 e. The molecule has 7 nitrogen and oxygen atoms in total. The molecule has 2 aromatic carbocycles. The van der Waals surface area contributed by atoms with Crippen molar-refractivity contribution < 1.29 is 24.3 Å². The summed E-state index contributed by atoms with van der Waals surface area (Å²) in [6, 6.07) is 10.7. The fourth-order valence-electron chi connectivity index (χ4n) is 6.82. The molecule has 2 saturated heterocycles. The van der Waals surface area contributed by atoms with E-state index in [1.165, 1.54) is 13.1 Å². The number of hydrogen-bond donors (Lipinski definition) is 1. The number of hydrogen-bond acceptors (Lipinski definition) is 5. The zero-order chi connectivity index (χ0) is 25.7. The standard InChI is InChI=1S/C26H21BrCl2N2O5/c1-30-21(33)15-8-7-14-16(18(15)22(30)34)10-25(28)23(35)31(11-27)24(36)26(25,29)20(14)19-13-5-3-2-4-12(13)6-9-17(19)32/h2-7,9,15-16,18,20,32H,8,10-11H2,1H3/t15-,16+,18-,20+,25+,26-/m0/s1. The van der Waals surface area contributed by atoms with Gasteiger partial charge in [0.1, 0.15) is 5.75 Å². The zero-order valence-corrected chi connectivity index (χ0v) is 22.2. The van der Waals surface area contributed by atoms with Gasteiger partial charge in [-0.25, -0.2) is 0 Å². The van der Waals surface area contributed by atoms with Crippen molar-refractivity contribution in [2.24, 2.45) is 17.8 Å². The van der Waals surface area contributed by atoms with E-state index in [-0.39, 0.29) is 29.4 Å². The minimum absolute atomic E-state index is 0.0754. The summed E-state index contributed by atoms with van der Waals surface area (Å²) in [5, 5.41) is 12.7. The van der Waals surface area contributed by atoms with Crippen molar-refractivity contribution in [1.82, 2.24) is 9.80 Å². The summed E-state index contributed by atoms with van der Waals surface area (Å²) < 4.78 is 0. The van der Waals surface area contributed by atoms with Crippen LogP contribution < -0.4 is 0 Å². The van der Waals surface area contributed by atoms with Gasteiger partial charge in [0, 0.05) is 18.5 Å². The van der Waals surface area contributed by atoms with Crippen LogP contribution in [0.2, 0.25) is 0 Å². The van der Waals surface area contributed by atoms with Gasteiger partial charge in [-0.3, -0.25) is 29.0 Å². The van der Waals surface area contributed by atoms with Crippen molar-refractivity contribution in [3.63, 3.8) is 0 Å². The maximum atomic E-state index is 13.8. The monoisotopic (exact) mass is 590 g/mol. The van der Waals surface area contributed by atoms with Crippen LogP contribution in [0.15, 0.2) is 48.0 Å². The van der Waals surface area contributed by atoms with Crippen LogP contribution in [0.25, 0.3) is 10.8 Å². The lowest BCUT2D eigenvalue weighted by Gasteiger charge is -2.51. The maximum Gasteiger partial charge on any atom is 0.254 e. The van der Waals surface area contributed by atoms with E-state index in [4.69, 9.17) is 23.2 Å². The molecule has 2 heterocycles. The highest BCUT2D eigenvalue weighted by molar-refractivity contribution is 9.09. The van der Waals surface area contributed by atoms with E-state index < -0.39 is 45.2 Å². The van der Waals surface area contributed by atoms with E-state index in [2.05, 4.69) is 15.9 Å². The molecule has 0 unspecified atom stereocenters. The molecular weight excluding hydrogens is 571 g/mol. The second-order valence-corrected chi connectivity index (χ2v) is 11.7. The predicted molar refractivity (Wildman–Crippen MR) is 137 cm³/mol. The Morgan fingerprint density at radius 2 is 1.75 bits per heavy atom. The molecule has 6 rings (SSSR count). The number of rotatable bonds is 2. The lowest BCUT2D eigenvalue weighted by atomic mass is 9.56. The Bertz CT molecular complexity index is 1430. The molecule has 2 aromatic rings. The molecule has 6 atom stereocenters. The Balaban J connectivity index is 1.67. The van der Waals surface area contributed by atoms with Crippen molar-refractivity contribution in [3.8, 4) is 5.75 Å². The van der Waals surface area contributed by atoms with E-state index >= 15 is 0 Å². The van der Waals surface area contributed by atoms with Crippen molar-refractivity contribution in [1.29, 1.82) is 0 Å². The quantitative estimate of drug-likeness (QED) is 0.247. The average Bonchev–Trinajstić information content (AvgIpc) is 3.17. The van der Waals surface area contributed by atoms with Crippen LogP contribution in [-0.4, -0.2) is 60.8 Å². The molecule has 36 heavy (non-hydrogen) atoms. The summed E-state index contributed by atoms with van der Waals surface area (Å²) in [7, 11) is 1.46. The molecule has 0 spiro atoms. The molecule has 1 saturated carbocycles. The van der Waals surface area contributed by atoms with Gasteiger partial charge >= 0.3 is 0 Å². The van der Waals surface area contributed by atoms with E-state index in [0.29, 0.717) is 22.9 Å². The van der Waals surface area contributed by atoms with Gasteiger partial charge in [0.05, 0.1) is 17.3 Å². The molecule has 4 amide bonds. The molecule has 0 aromatic heterocycles. The number of nitrogens with zero attached hydrogens (tertiary/aromatic N) is 2. The van der Waals surface area contributed by atoms with E-state index in [1.54, 1.807) is 6.07 Å². The molecular formula is C26H21BrCl2N2O5. The number of phenols is 1. The number of aromatic hydroxyl groups is 1. The Morgan fingerprint density at radius 1 is 1.03 bits per heavy atom. The molecule has 1 N–H and O–H groups in total. The van der Waals surface area contributed by atoms with Gasteiger partial charge in [0.25, 0.3) is 11.8 Å². The maximum absolute atomic E-state index is 13.8. The van der Waals surface area contributed by atoms with Crippen LogP contribution >= 0.6 is 39.1 Å². The summed E-state index contributed by atoms with van der Waals surface area (Å²) in [5.74, 6) is -4.92. The lowest BCUT2D eigenvalue weighted by molar-refractivity contribution is -0.140. The third kappa shape index (κ3) is 2.70. The summed E-state index contributed by atoms with van der Waals surface area (Å²) in [4.78, 5) is 51.8. The highest BCUT2D eigenvalue weighted by Gasteiger charge is 2.76. The number of phenolic OH excluding ortho intramolecular Hbond substituents is 1. The van der Waals surface area contributed by atoms with Gasteiger partial charge in [-0.1, -0.05) is 57.9 Å². The summed E-state index contributed by atoms with van der Waals surface area (Å²) in [6.45, 7) is 0. The molecule has 10 heteroatoms. The van der Waals surface area contributed by atoms with Crippen molar-refractivity contribution in [3.05, 3.63) is 53.6 Å². The largest absolute Gasteiger partial charge is 0.508 e. The first-order valence-corrected chi connectivity index (χ1v) is 13.5. The fraction of sp³-hybridized carbons (Fsp3) is 0.385. The number of likely N-dealkylation sites (tertiary alicyclic amines) is 2. The van der Waals surface area contributed by atoms with Gasteiger partial charge in [-0.2, -0.15) is 0 Å². The van der Waals surface area contributed by atoms with Crippen LogP contribution in [0.1, 0.15) is 24.3 Å². The topological polar surface area (TPSA) is 95.0 Å². The number of allylic oxidation sites excluding steroid dienone is 2. The predicted octanol–water partition coefficient (Wildman–Crippen LogP) is 3.89. The van der Waals surface area contributed by atoms with Gasteiger partial charge in [0.15, 0.2) is 9.75 Å². The van der Waals surface area contributed by atoms with Crippen molar-refractivity contribution in [2.75, 3.05) is 12.5 Å². The number of carbonyl (C=O) groups is 4. The first-order chi connectivity index (χ1) is 17.1. The molecule has 2 aliphatic heterocycles.